The van der Waals surface area contributed by atoms with E-state index >= 15 is 0 Å². The lowest BCUT2D eigenvalue weighted by Crippen LogP contribution is -2.30. The first-order valence-electron chi connectivity index (χ1n) is 34.9. The van der Waals surface area contributed by atoms with Gasteiger partial charge in [-0.15, -0.1) is 0 Å². The van der Waals surface area contributed by atoms with Gasteiger partial charge in [0.15, 0.2) is 6.10 Å². The lowest BCUT2D eigenvalue weighted by Gasteiger charge is -2.18. The third-order valence-electron chi connectivity index (χ3n) is 15.4. The second-order valence-electron chi connectivity index (χ2n) is 23.4. The van der Waals surface area contributed by atoms with E-state index in [1.807, 2.05) is 0 Å². The Morgan fingerprint density at radius 3 is 0.825 bits per heavy atom. The van der Waals surface area contributed by atoms with Crippen LogP contribution in [0.3, 0.4) is 0 Å². The summed E-state index contributed by atoms with van der Waals surface area (Å²) >= 11 is 0. The first kappa shape index (κ1) is 76.9. The largest absolute Gasteiger partial charge is 0.462 e. The lowest BCUT2D eigenvalue weighted by atomic mass is 10.0. The van der Waals surface area contributed by atoms with E-state index in [-0.39, 0.29) is 31.1 Å². The number of allylic oxidation sites excluding steroid dienone is 12. The molecule has 0 heterocycles. The van der Waals surface area contributed by atoms with Crippen LogP contribution >= 0.6 is 0 Å². The molecule has 0 rings (SSSR count). The number of ether oxygens (including phenoxy) is 3. The fraction of sp³-hybridized carbons (Fsp3) is 0.797. The van der Waals surface area contributed by atoms with Gasteiger partial charge in [-0.1, -0.05) is 331 Å². The number of hydrogen-bond acceptors (Lipinski definition) is 6. The van der Waals surface area contributed by atoms with E-state index in [9.17, 15) is 14.4 Å². The molecule has 0 saturated carbocycles. The fourth-order valence-electron chi connectivity index (χ4n) is 10.2. The monoisotopic (exact) mass is 1120 g/mol. The minimum absolute atomic E-state index is 0.0760. The Bertz CT molecular complexity index is 1470. The summed E-state index contributed by atoms with van der Waals surface area (Å²) in [4.78, 5) is 38.3. The Morgan fingerprint density at radius 1 is 0.263 bits per heavy atom. The van der Waals surface area contributed by atoms with Gasteiger partial charge in [0.2, 0.25) is 0 Å². The third kappa shape index (κ3) is 65.7. The molecule has 0 aromatic rings. The maximum absolute atomic E-state index is 12.9. The number of esters is 3. The molecule has 1 atom stereocenters. The molecule has 1 unspecified atom stereocenters. The van der Waals surface area contributed by atoms with Crippen LogP contribution in [0.5, 0.6) is 0 Å². The van der Waals surface area contributed by atoms with Crippen molar-refractivity contribution in [2.24, 2.45) is 0 Å². The molecule has 6 nitrogen and oxygen atoms in total. The Morgan fingerprint density at radius 2 is 0.512 bits per heavy atom. The summed E-state index contributed by atoms with van der Waals surface area (Å²) in [5.74, 6) is -0.870. The van der Waals surface area contributed by atoms with Gasteiger partial charge in [-0.25, -0.2) is 0 Å². The highest BCUT2D eigenvalue weighted by Gasteiger charge is 2.19. The average Bonchev–Trinajstić information content (AvgIpc) is 3.46. The molecule has 0 aromatic carbocycles. The highest BCUT2D eigenvalue weighted by molar-refractivity contribution is 5.71. The summed E-state index contributed by atoms with van der Waals surface area (Å²) in [6.45, 7) is 6.51. The van der Waals surface area contributed by atoms with Crippen LogP contribution in [-0.4, -0.2) is 37.2 Å². The SMILES string of the molecule is CC/C=C\C/C=C\C/C=C\C/C=C\C/C=C\CCCCCCCCCCCCCC(=O)OCC(COC(=O)CCCCCCC/C=C\CCC)OC(=O)CCCCCCCCCCCCCCCCCCCCCCCCCCC. The smallest absolute Gasteiger partial charge is 0.306 e. The molecule has 0 saturated heterocycles. The average molecular weight is 1120 g/mol. The van der Waals surface area contributed by atoms with E-state index in [4.69, 9.17) is 14.2 Å². The zero-order chi connectivity index (χ0) is 57.8. The van der Waals surface area contributed by atoms with Gasteiger partial charge in [-0.3, -0.25) is 14.4 Å². The molecule has 0 radical (unpaired) electrons. The van der Waals surface area contributed by atoms with E-state index in [0.717, 1.165) is 103 Å². The summed E-state index contributed by atoms with van der Waals surface area (Å²) in [5, 5.41) is 0. The molecule has 0 aliphatic rings. The number of hydrogen-bond donors (Lipinski definition) is 0. The third-order valence-corrected chi connectivity index (χ3v) is 15.4. The van der Waals surface area contributed by atoms with Crippen LogP contribution in [0.4, 0.5) is 0 Å². The van der Waals surface area contributed by atoms with Gasteiger partial charge in [0.05, 0.1) is 0 Å². The predicted octanol–water partition coefficient (Wildman–Crippen LogP) is 24.1. The number of carbonyl (C=O) groups excluding carboxylic acids is 3. The second-order valence-corrected chi connectivity index (χ2v) is 23.4. The zero-order valence-electron chi connectivity index (χ0n) is 53.3. The molecule has 0 fully saturated rings. The molecule has 0 aliphatic carbocycles. The van der Waals surface area contributed by atoms with Gasteiger partial charge < -0.3 is 14.2 Å². The number of carbonyl (C=O) groups is 3. The molecule has 0 aliphatic heterocycles. The van der Waals surface area contributed by atoms with Crippen LogP contribution in [0.25, 0.3) is 0 Å². The normalized spacial score (nSPS) is 12.5. The number of unbranched alkanes of at least 4 members (excludes halogenated alkanes) is 41. The molecule has 0 aromatic heterocycles. The van der Waals surface area contributed by atoms with Crippen molar-refractivity contribution in [3.05, 3.63) is 72.9 Å². The first-order valence-corrected chi connectivity index (χ1v) is 34.9. The Balaban J connectivity index is 4.17. The van der Waals surface area contributed by atoms with Gasteiger partial charge in [0, 0.05) is 19.3 Å². The Kier molecular flexibility index (Phi) is 65.7. The van der Waals surface area contributed by atoms with Crippen molar-refractivity contribution in [3.8, 4) is 0 Å². The predicted molar refractivity (Wildman–Crippen MR) is 348 cm³/mol. The van der Waals surface area contributed by atoms with Crippen molar-refractivity contribution >= 4 is 17.9 Å². The molecule has 0 N–H and O–H groups in total. The summed E-state index contributed by atoms with van der Waals surface area (Å²) in [6.07, 6.45) is 89.4. The standard InChI is InChI=1S/C74H132O6/c1-4-7-10-13-16-19-22-24-26-28-30-32-34-36-37-39-40-42-44-46-48-50-52-55-58-61-64-67-73(76)79-70-71(69-78-72(75)66-63-60-57-54-21-18-15-12-9-6-3)80-74(77)68-65-62-59-56-53-51-49-47-45-43-41-38-35-33-31-29-27-25-23-20-17-14-11-8-5-2/h7,10,12,15-16,19,24,26,30,32,36-37,71H,4-6,8-9,11,13-14,17-18,20-23,25,27-29,31,33-35,38-70H2,1-3H3/b10-7-,15-12-,19-16-,26-24-,32-30-,37-36-. The molecule has 6 heteroatoms. The number of rotatable bonds is 64. The molecule has 0 bridgehead atoms. The Hall–Kier alpha value is -3.15. The van der Waals surface area contributed by atoms with Gasteiger partial charge in [0.1, 0.15) is 13.2 Å². The zero-order valence-corrected chi connectivity index (χ0v) is 53.3. The van der Waals surface area contributed by atoms with Crippen LogP contribution in [0.15, 0.2) is 72.9 Å². The van der Waals surface area contributed by atoms with Crippen LogP contribution in [0.2, 0.25) is 0 Å². The van der Waals surface area contributed by atoms with Crippen molar-refractivity contribution < 1.29 is 28.6 Å². The summed E-state index contributed by atoms with van der Waals surface area (Å²) in [7, 11) is 0. The summed E-state index contributed by atoms with van der Waals surface area (Å²) in [5.41, 5.74) is 0. The van der Waals surface area contributed by atoms with Crippen molar-refractivity contribution in [2.75, 3.05) is 13.2 Å². The maximum atomic E-state index is 12.9. The molecule has 0 spiro atoms. The highest BCUT2D eigenvalue weighted by Crippen LogP contribution is 2.18. The van der Waals surface area contributed by atoms with E-state index in [0.29, 0.717) is 19.3 Å². The molecule has 80 heavy (non-hydrogen) atoms. The Labute approximate surface area is 497 Å². The van der Waals surface area contributed by atoms with Gasteiger partial charge in [0.25, 0.3) is 0 Å². The lowest BCUT2D eigenvalue weighted by molar-refractivity contribution is -0.167. The quantitative estimate of drug-likeness (QED) is 0.0261. The summed E-state index contributed by atoms with van der Waals surface area (Å²) < 4.78 is 16.9. The van der Waals surface area contributed by atoms with E-state index in [1.165, 1.54) is 218 Å². The minimum atomic E-state index is -0.778. The van der Waals surface area contributed by atoms with Crippen LogP contribution in [0, 0.1) is 0 Å². The van der Waals surface area contributed by atoms with Crippen molar-refractivity contribution in [2.45, 2.75) is 367 Å². The second kappa shape index (κ2) is 68.3. The molecule has 0 amide bonds. The highest BCUT2D eigenvalue weighted by atomic mass is 16.6. The van der Waals surface area contributed by atoms with Gasteiger partial charge >= 0.3 is 17.9 Å². The van der Waals surface area contributed by atoms with E-state index in [1.54, 1.807) is 0 Å². The van der Waals surface area contributed by atoms with Crippen LogP contribution in [0.1, 0.15) is 361 Å². The fourth-order valence-corrected chi connectivity index (χ4v) is 10.2. The molecular weight excluding hydrogens is 985 g/mol. The van der Waals surface area contributed by atoms with Crippen molar-refractivity contribution in [1.82, 2.24) is 0 Å². The minimum Gasteiger partial charge on any atom is -0.462 e. The topological polar surface area (TPSA) is 78.9 Å². The van der Waals surface area contributed by atoms with Crippen LogP contribution < -0.4 is 0 Å². The summed E-state index contributed by atoms with van der Waals surface area (Å²) in [6, 6.07) is 0. The van der Waals surface area contributed by atoms with Crippen LogP contribution in [-0.2, 0) is 28.6 Å². The van der Waals surface area contributed by atoms with Crippen molar-refractivity contribution in [1.29, 1.82) is 0 Å². The van der Waals surface area contributed by atoms with E-state index in [2.05, 4.69) is 93.7 Å². The molecule has 464 valence electrons. The maximum Gasteiger partial charge on any atom is 0.306 e. The van der Waals surface area contributed by atoms with E-state index < -0.39 is 6.10 Å². The molecular formula is C74H132O6. The van der Waals surface area contributed by atoms with Crippen molar-refractivity contribution in [3.63, 3.8) is 0 Å². The van der Waals surface area contributed by atoms with Gasteiger partial charge in [-0.05, 0) is 83.5 Å². The van der Waals surface area contributed by atoms with Gasteiger partial charge in [-0.2, -0.15) is 0 Å². The first-order chi connectivity index (χ1) is 39.5.